The van der Waals surface area contributed by atoms with Gasteiger partial charge in [-0.05, 0) is 6.07 Å². The third kappa shape index (κ3) is 6.33. The van der Waals surface area contributed by atoms with Gasteiger partial charge in [-0.15, -0.1) is 36.2 Å². The van der Waals surface area contributed by atoms with E-state index in [1.165, 1.54) is 17.5 Å². The second-order valence-electron chi connectivity index (χ2n) is 3.75. The Kier molecular flexibility index (Phi) is 10.0. The molecule has 2 heterocycles. The summed E-state index contributed by atoms with van der Waals surface area (Å²) in [5, 5.41) is 5.66. The monoisotopic (exact) mass is 384 g/mol. The van der Waals surface area contributed by atoms with Crippen LogP contribution >= 0.6 is 47.8 Å². The highest BCUT2D eigenvalue weighted by Crippen LogP contribution is 2.11. The Morgan fingerprint density at radius 2 is 2.18 bits per heavy atom. The SMILES string of the molecule is Cl.Cl.NCc1nc(C(=O)NCCOc2ccc(Cl)cn2)cs1. The van der Waals surface area contributed by atoms with E-state index in [2.05, 4.69) is 15.3 Å². The van der Waals surface area contributed by atoms with Crippen molar-refractivity contribution in [3.05, 3.63) is 39.4 Å². The van der Waals surface area contributed by atoms with Crippen LogP contribution in [0.1, 0.15) is 15.5 Å². The summed E-state index contributed by atoms with van der Waals surface area (Å²) in [6.45, 7) is 1.01. The first-order valence-electron chi connectivity index (χ1n) is 5.86. The van der Waals surface area contributed by atoms with E-state index in [4.69, 9.17) is 22.1 Å². The molecule has 0 aliphatic heterocycles. The van der Waals surface area contributed by atoms with Crippen molar-refractivity contribution in [1.82, 2.24) is 15.3 Å². The number of rotatable bonds is 6. The maximum Gasteiger partial charge on any atom is 0.270 e. The third-order valence-corrected chi connectivity index (χ3v) is 3.39. The Bertz CT molecular complexity index is 580. The second kappa shape index (κ2) is 10.6. The van der Waals surface area contributed by atoms with E-state index in [1.807, 2.05) is 0 Å². The molecule has 0 fully saturated rings. The minimum Gasteiger partial charge on any atom is -0.476 e. The smallest absolute Gasteiger partial charge is 0.270 e. The molecule has 0 aromatic carbocycles. The minimum atomic E-state index is -0.242. The van der Waals surface area contributed by atoms with Crippen molar-refractivity contribution >= 4 is 53.7 Å². The lowest BCUT2D eigenvalue weighted by molar-refractivity contribution is 0.0942. The van der Waals surface area contributed by atoms with Crippen molar-refractivity contribution in [2.75, 3.05) is 13.2 Å². The zero-order valence-corrected chi connectivity index (χ0v) is 14.5. The summed E-state index contributed by atoms with van der Waals surface area (Å²) in [4.78, 5) is 19.8. The quantitative estimate of drug-likeness (QED) is 0.745. The number of ether oxygens (including phenoxy) is 1. The average Bonchev–Trinajstić information content (AvgIpc) is 2.94. The van der Waals surface area contributed by atoms with Crippen LogP contribution in [0.5, 0.6) is 5.88 Å². The first kappa shape index (κ1) is 20.9. The summed E-state index contributed by atoms with van der Waals surface area (Å²) in [7, 11) is 0. The van der Waals surface area contributed by atoms with Crippen LogP contribution in [-0.4, -0.2) is 29.0 Å². The summed E-state index contributed by atoms with van der Waals surface area (Å²) >= 11 is 7.07. The molecule has 0 bridgehead atoms. The van der Waals surface area contributed by atoms with E-state index in [-0.39, 0.29) is 30.7 Å². The summed E-state index contributed by atoms with van der Waals surface area (Å²) in [5.41, 5.74) is 5.81. The van der Waals surface area contributed by atoms with Gasteiger partial charge in [0, 0.05) is 24.2 Å². The van der Waals surface area contributed by atoms with Gasteiger partial charge in [0.25, 0.3) is 5.91 Å². The third-order valence-electron chi connectivity index (χ3n) is 2.30. The number of amides is 1. The maximum absolute atomic E-state index is 11.7. The van der Waals surface area contributed by atoms with Gasteiger partial charge >= 0.3 is 0 Å². The van der Waals surface area contributed by atoms with Crippen LogP contribution in [0.4, 0.5) is 0 Å². The number of thiazole rings is 1. The van der Waals surface area contributed by atoms with E-state index in [9.17, 15) is 4.79 Å². The number of halogens is 3. The fourth-order valence-corrected chi connectivity index (χ4v) is 2.13. The van der Waals surface area contributed by atoms with E-state index in [1.54, 1.807) is 17.5 Å². The maximum atomic E-state index is 11.7. The number of hydrogen-bond acceptors (Lipinski definition) is 6. The Labute approximate surface area is 149 Å². The van der Waals surface area contributed by atoms with Gasteiger partial charge in [0.05, 0.1) is 11.6 Å². The predicted molar refractivity (Wildman–Crippen MR) is 91.6 cm³/mol. The minimum absolute atomic E-state index is 0. The van der Waals surface area contributed by atoms with E-state index in [0.717, 1.165) is 5.01 Å². The molecule has 6 nitrogen and oxygen atoms in total. The van der Waals surface area contributed by atoms with E-state index in [0.29, 0.717) is 36.3 Å². The van der Waals surface area contributed by atoms with Crippen LogP contribution in [0, 0.1) is 0 Å². The number of nitrogens with zero attached hydrogens (tertiary/aromatic N) is 2. The van der Waals surface area contributed by atoms with E-state index < -0.39 is 0 Å². The zero-order valence-electron chi connectivity index (χ0n) is 11.3. The molecule has 10 heteroatoms. The molecule has 1 amide bonds. The number of aromatic nitrogens is 2. The number of carbonyl (C=O) groups excluding carboxylic acids is 1. The summed E-state index contributed by atoms with van der Waals surface area (Å²) in [6, 6.07) is 3.35. The van der Waals surface area contributed by atoms with Crippen LogP contribution in [0.2, 0.25) is 5.02 Å². The summed E-state index contributed by atoms with van der Waals surface area (Å²) in [6.07, 6.45) is 1.50. The fraction of sp³-hybridized carbons (Fsp3) is 0.250. The van der Waals surface area contributed by atoms with Crippen LogP contribution in [0.3, 0.4) is 0 Å². The second-order valence-corrected chi connectivity index (χ2v) is 5.13. The molecule has 0 spiro atoms. The van der Waals surface area contributed by atoms with Gasteiger partial charge in [-0.3, -0.25) is 4.79 Å². The molecule has 2 aromatic rings. The van der Waals surface area contributed by atoms with Gasteiger partial charge in [-0.1, -0.05) is 11.6 Å². The zero-order chi connectivity index (χ0) is 14.4. The normalized spacial score (nSPS) is 9.36. The molecule has 0 radical (unpaired) electrons. The van der Waals surface area contributed by atoms with Crippen molar-refractivity contribution in [3.8, 4) is 5.88 Å². The molecule has 3 N–H and O–H groups in total. The highest BCUT2D eigenvalue weighted by atomic mass is 35.5. The number of pyridine rings is 1. The Balaban J connectivity index is 0.00000220. The van der Waals surface area contributed by atoms with Crippen molar-refractivity contribution in [1.29, 1.82) is 0 Å². The van der Waals surface area contributed by atoms with Gasteiger partial charge in [-0.2, -0.15) is 0 Å². The van der Waals surface area contributed by atoms with Crippen molar-refractivity contribution in [2.24, 2.45) is 5.73 Å². The van der Waals surface area contributed by atoms with Gasteiger partial charge in [0.1, 0.15) is 17.3 Å². The molecule has 2 aromatic heterocycles. The van der Waals surface area contributed by atoms with Crippen LogP contribution < -0.4 is 15.8 Å². The van der Waals surface area contributed by atoms with Crippen LogP contribution in [0.15, 0.2) is 23.7 Å². The van der Waals surface area contributed by atoms with Gasteiger partial charge in [-0.25, -0.2) is 9.97 Å². The summed E-state index contributed by atoms with van der Waals surface area (Å²) in [5.74, 6) is 0.219. The molecule has 0 saturated carbocycles. The summed E-state index contributed by atoms with van der Waals surface area (Å²) < 4.78 is 5.35. The van der Waals surface area contributed by atoms with Gasteiger partial charge in [0.2, 0.25) is 5.88 Å². The molecule has 2 rings (SSSR count). The molecule has 122 valence electrons. The lowest BCUT2D eigenvalue weighted by atomic mass is 10.4. The Morgan fingerprint density at radius 3 is 2.77 bits per heavy atom. The molecule has 0 atom stereocenters. The molecule has 0 aliphatic rings. The lowest BCUT2D eigenvalue weighted by Crippen LogP contribution is -2.28. The van der Waals surface area contributed by atoms with Crippen molar-refractivity contribution in [3.63, 3.8) is 0 Å². The lowest BCUT2D eigenvalue weighted by Gasteiger charge is -2.05. The van der Waals surface area contributed by atoms with Crippen LogP contribution in [-0.2, 0) is 6.54 Å². The first-order valence-corrected chi connectivity index (χ1v) is 7.12. The van der Waals surface area contributed by atoms with Crippen molar-refractivity contribution in [2.45, 2.75) is 6.54 Å². The Morgan fingerprint density at radius 1 is 1.41 bits per heavy atom. The Hall–Kier alpha value is -1.12. The highest BCUT2D eigenvalue weighted by Gasteiger charge is 2.09. The van der Waals surface area contributed by atoms with Crippen molar-refractivity contribution < 1.29 is 9.53 Å². The molecular weight excluding hydrogens is 371 g/mol. The fourth-order valence-electron chi connectivity index (χ4n) is 1.37. The molecule has 0 saturated heterocycles. The topological polar surface area (TPSA) is 90.1 Å². The average molecular weight is 386 g/mol. The van der Waals surface area contributed by atoms with Crippen LogP contribution in [0.25, 0.3) is 0 Å². The first-order chi connectivity index (χ1) is 9.69. The number of hydrogen-bond donors (Lipinski definition) is 2. The predicted octanol–water partition coefficient (Wildman–Crippen LogP) is 2.30. The largest absolute Gasteiger partial charge is 0.476 e. The molecular formula is C12H15Cl3N4O2S. The van der Waals surface area contributed by atoms with Gasteiger partial charge in [0.15, 0.2) is 0 Å². The van der Waals surface area contributed by atoms with Gasteiger partial charge < -0.3 is 15.8 Å². The number of carbonyl (C=O) groups is 1. The molecule has 22 heavy (non-hydrogen) atoms. The number of nitrogens with two attached hydrogens (primary N) is 1. The van der Waals surface area contributed by atoms with E-state index >= 15 is 0 Å². The number of nitrogens with one attached hydrogen (secondary N) is 1. The molecule has 0 unspecified atom stereocenters. The highest BCUT2D eigenvalue weighted by molar-refractivity contribution is 7.09. The standard InChI is InChI=1S/C12H13ClN4O2S.2ClH/c13-8-1-2-10(16-6-8)19-4-3-15-12(18)9-7-20-11(5-14)17-9;;/h1-2,6-7H,3-5,14H2,(H,15,18);2*1H. The molecule has 0 aliphatic carbocycles.